The van der Waals surface area contributed by atoms with Crippen LogP contribution < -0.4 is 0 Å². The van der Waals surface area contributed by atoms with Gasteiger partial charge in [0, 0.05) is 15.5 Å². The van der Waals surface area contributed by atoms with Gasteiger partial charge in [-0.2, -0.15) is 0 Å². The van der Waals surface area contributed by atoms with E-state index in [-0.39, 0.29) is 0 Å². The molecule has 0 radical (unpaired) electrons. The Balaban J connectivity index is 2.80. The molecular weight excluding hydrogens is 235 g/mol. The Morgan fingerprint density at radius 2 is 2.14 bits per heavy atom. The van der Waals surface area contributed by atoms with Gasteiger partial charge in [0.1, 0.15) is 0 Å². The van der Waals surface area contributed by atoms with Crippen molar-refractivity contribution in [3.63, 3.8) is 0 Å². The largest absolute Gasteiger partial charge is 0.126 e. The van der Waals surface area contributed by atoms with Crippen molar-refractivity contribution in [1.29, 1.82) is 0 Å². The molecule has 0 N–H and O–H groups in total. The van der Waals surface area contributed by atoms with Crippen LogP contribution in [0.4, 0.5) is 0 Å². The monoisotopic (exact) mass is 246 g/mol. The van der Waals surface area contributed by atoms with E-state index in [1.807, 2.05) is 12.1 Å². The summed E-state index contributed by atoms with van der Waals surface area (Å²) in [6.07, 6.45) is 1.13. The highest BCUT2D eigenvalue weighted by molar-refractivity contribution is 8.08. The Hall–Kier alpha value is -0.110. The molecule has 0 aliphatic rings. The molecular formula is C11H12Cl2S. The summed E-state index contributed by atoms with van der Waals surface area (Å²) in [6, 6.07) is 5.49. The van der Waals surface area contributed by atoms with Crippen molar-refractivity contribution in [3.05, 3.63) is 40.4 Å². The molecule has 0 aliphatic heterocycles. The maximum Gasteiger partial charge on any atom is 0.0504 e. The fourth-order valence-corrected chi connectivity index (χ4v) is 2.38. The molecule has 0 unspecified atom stereocenters. The van der Waals surface area contributed by atoms with Crippen molar-refractivity contribution in [2.75, 3.05) is 5.75 Å². The first-order chi connectivity index (χ1) is 6.65. The lowest BCUT2D eigenvalue weighted by molar-refractivity contribution is 1.11. The van der Waals surface area contributed by atoms with E-state index in [4.69, 9.17) is 23.2 Å². The van der Waals surface area contributed by atoms with E-state index < -0.39 is 0 Å². The van der Waals surface area contributed by atoms with E-state index in [0.29, 0.717) is 10.0 Å². The zero-order valence-electron chi connectivity index (χ0n) is 8.02. The van der Waals surface area contributed by atoms with Crippen molar-refractivity contribution >= 4 is 39.9 Å². The van der Waals surface area contributed by atoms with Gasteiger partial charge in [-0.25, -0.2) is 0 Å². The number of benzene rings is 1. The first-order valence-corrected chi connectivity index (χ1v) is 6.16. The Bertz CT molecular complexity index is 334. The van der Waals surface area contributed by atoms with Crippen LogP contribution in [0, 0.1) is 0 Å². The summed E-state index contributed by atoms with van der Waals surface area (Å²) in [7, 11) is 0. The molecule has 0 bridgehead atoms. The second-order valence-electron chi connectivity index (χ2n) is 2.90. The highest BCUT2D eigenvalue weighted by Gasteiger charge is 2.04. The van der Waals surface area contributed by atoms with Gasteiger partial charge in [-0.15, -0.1) is 11.8 Å². The highest BCUT2D eigenvalue weighted by Crippen LogP contribution is 2.32. The predicted octanol–water partition coefficient (Wildman–Crippen LogP) is 5.11. The van der Waals surface area contributed by atoms with Crippen LogP contribution in [0.1, 0.15) is 18.9 Å². The van der Waals surface area contributed by atoms with Crippen LogP contribution in [0.3, 0.4) is 0 Å². The molecule has 0 saturated carbocycles. The standard InChI is InChI=1S/C11H12Cl2S/c1-3-6-14-8(2)10-5-4-9(12)7-11(10)13/h4-5,7H,2-3,6H2,1H3. The Morgan fingerprint density at radius 1 is 1.43 bits per heavy atom. The summed E-state index contributed by atoms with van der Waals surface area (Å²) < 4.78 is 0. The Kier molecular flexibility index (Phi) is 4.86. The molecule has 0 nitrogen and oxygen atoms in total. The van der Waals surface area contributed by atoms with Crippen LogP contribution in [0.5, 0.6) is 0 Å². The van der Waals surface area contributed by atoms with Crippen molar-refractivity contribution < 1.29 is 0 Å². The molecule has 0 amide bonds. The summed E-state index contributed by atoms with van der Waals surface area (Å²) in [5.41, 5.74) is 0.981. The third-order valence-corrected chi connectivity index (χ3v) is 3.44. The average molecular weight is 247 g/mol. The summed E-state index contributed by atoms with van der Waals surface area (Å²) in [5.74, 6) is 1.07. The second kappa shape index (κ2) is 5.69. The molecule has 0 fully saturated rings. The number of thioether (sulfide) groups is 1. The predicted molar refractivity (Wildman–Crippen MR) is 68.2 cm³/mol. The van der Waals surface area contributed by atoms with Crippen LogP contribution >= 0.6 is 35.0 Å². The SMILES string of the molecule is C=C(SCCC)c1ccc(Cl)cc1Cl. The zero-order valence-corrected chi connectivity index (χ0v) is 10.3. The molecule has 3 heteroatoms. The molecule has 0 aromatic heterocycles. The third-order valence-electron chi connectivity index (χ3n) is 1.71. The minimum Gasteiger partial charge on any atom is -0.126 e. The van der Waals surface area contributed by atoms with Crippen LogP contribution in [-0.4, -0.2) is 5.75 Å². The molecule has 0 spiro atoms. The van der Waals surface area contributed by atoms with Gasteiger partial charge in [-0.3, -0.25) is 0 Å². The Labute approximate surface area is 99.3 Å². The molecule has 1 aromatic rings. The first-order valence-electron chi connectivity index (χ1n) is 4.42. The van der Waals surface area contributed by atoms with Gasteiger partial charge in [-0.1, -0.05) is 42.8 Å². The van der Waals surface area contributed by atoms with Gasteiger partial charge in [-0.05, 0) is 24.3 Å². The van der Waals surface area contributed by atoms with E-state index in [9.17, 15) is 0 Å². The second-order valence-corrected chi connectivity index (χ2v) is 4.93. The van der Waals surface area contributed by atoms with Gasteiger partial charge in [0.05, 0.1) is 5.02 Å². The van der Waals surface area contributed by atoms with E-state index in [2.05, 4.69) is 13.5 Å². The summed E-state index contributed by atoms with van der Waals surface area (Å²) in [4.78, 5) is 1.01. The van der Waals surface area contributed by atoms with Crippen LogP contribution in [0.25, 0.3) is 4.91 Å². The smallest absolute Gasteiger partial charge is 0.0504 e. The third kappa shape index (κ3) is 3.23. The van der Waals surface area contributed by atoms with E-state index in [1.165, 1.54) is 0 Å². The van der Waals surface area contributed by atoms with E-state index in [1.54, 1.807) is 17.8 Å². The summed E-state index contributed by atoms with van der Waals surface area (Å²) >= 11 is 13.6. The highest BCUT2D eigenvalue weighted by atomic mass is 35.5. The van der Waals surface area contributed by atoms with Crippen molar-refractivity contribution in [3.8, 4) is 0 Å². The summed E-state index contributed by atoms with van der Waals surface area (Å²) in [5, 5.41) is 1.33. The van der Waals surface area contributed by atoms with Gasteiger partial charge in [0.15, 0.2) is 0 Å². The Morgan fingerprint density at radius 3 is 2.71 bits per heavy atom. The fourth-order valence-electron chi connectivity index (χ4n) is 1.02. The van der Waals surface area contributed by atoms with Crippen molar-refractivity contribution in [2.24, 2.45) is 0 Å². The number of hydrogen-bond donors (Lipinski definition) is 0. The minimum absolute atomic E-state index is 0.659. The van der Waals surface area contributed by atoms with Crippen LogP contribution in [-0.2, 0) is 0 Å². The molecule has 76 valence electrons. The molecule has 0 saturated heterocycles. The normalized spacial score (nSPS) is 10.2. The summed E-state index contributed by atoms with van der Waals surface area (Å²) in [6.45, 7) is 6.13. The number of rotatable bonds is 4. The topological polar surface area (TPSA) is 0 Å². The lowest BCUT2D eigenvalue weighted by Crippen LogP contribution is -1.82. The molecule has 0 atom stereocenters. The van der Waals surface area contributed by atoms with E-state index in [0.717, 1.165) is 22.6 Å². The molecule has 1 aromatic carbocycles. The minimum atomic E-state index is 0.659. The quantitative estimate of drug-likeness (QED) is 0.712. The molecule has 0 aliphatic carbocycles. The van der Waals surface area contributed by atoms with Gasteiger partial charge in [0.2, 0.25) is 0 Å². The number of halogens is 2. The van der Waals surface area contributed by atoms with Crippen molar-refractivity contribution in [1.82, 2.24) is 0 Å². The maximum atomic E-state index is 6.04. The van der Waals surface area contributed by atoms with Crippen molar-refractivity contribution in [2.45, 2.75) is 13.3 Å². The maximum absolute atomic E-state index is 6.04. The van der Waals surface area contributed by atoms with Crippen LogP contribution in [0.2, 0.25) is 10.0 Å². The lowest BCUT2D eigenvalue weighted by Gasteiger charge is -2.07. The molecule has 14 heavy (non-hydrogen) atoms. The fraction of sp³-hybridized carbons (Fsp3) is 0.273. The van der Waals surface area contributed by atoms with Gasteiger partial charge in [0.25, 0.3) is 0 Å². The average Bonchev–Trinajstić information content (AvgIpc) is 2.14. The molecule has 1 rings (SSSR count). The lowest BCUT2D eigenvalue weighted by atomic mass is 10.2. The van der Waals surface area contributed by atoms with Gasteiger partial charge >= 0.3 is 0 Å². The number of hydrogen-bond acceptors (Lipinski definition) is 1. The van der Waals surface area contributed by atoms with Crippen LogP contribution in [0.15, 0.2) is 24.8 Å². The van der Waals surface area contributed by atoms with Gasteiger partial charge < -0.3 is 0 Å². The first kappa shape index (κ1) is 12.0. The zero-order chi connectivity index (χ0) is 10.6. The molecule has 0 heterocycles. The van der Waals surface area contributed by atoms with E-state index >= 15 is 0 Å².